The SMILES string of the molecule is CCSc1ccc2[nH]c(N)nc2c1. The second-order valence-corrected chi connectivity index (χ2v) is 4.07. The standard InChI is InChI=1S/C9H11N3S/c1-2-13-6-3-4-7-8(5-6)12-9(10)11-7/h3-5H,2H2,1H3,(H3,10,11,12). The summed E-state index contributed by atoms with van der Waals surface area (Å²) >= 11 is 1.80. The number of thioether (sulfide) groups is 1. The van der Waals surface area contributed by atoms with Crippen LogP contribution in [-0.2, 0) is 0 Å². The van der Waals surface area contributed by atoms with Gasteiger partial charge in [-0.1, -0.05) is 6.92 Å². The maximum Gasteiger partial charge on any atom is 0.198 e. The molecule has 0 radical (unpaired) electrons. The molecule has 0 unspecified atom stereocenters. The van der Waals surface area contributed by atoms with Crippen LogP contribution in [0.15, 0.2) is 23.1 Å². The van der Waals surface area contributed by atoms with E-state index in [9.17, 15) is 0 Å². The average Bonchev–Trinajstić information content (AvgIpc) is 2.44. The van der Waals surface area contributed by atoms with E-state index >= 15 is 0 Å². The van der Waals surface area contributed by atoms with Gasteiger partial charge in [0.05, 0.1) is 11.0 Å². The van der Waals surface area contributed by atoms with Crippen LogP contribution in [0.5, 0.6) is 0 Å². The molecule has 0 amide bonds. The first kappa shape index (κ1) is 8.44. The molecule has 2 rings (SSSR count). The lowest BCUT2D eigenvalue weighted by molar-refractivity contribution is 1.35. The number of H-pyrrole nitrogens is 1. The van der Waals surface area contributed by atoms with E-state index < -0.39 is 0 Å². The number of rotatable bonds is 2. The Labute approximate surface area is 80.7 Å². The molecular weight excluding hydrogens is 182 g/mol. The van der Waals surface area contributed by atoms with Crippen molar-refractivity contribution in [2.24, 2.45) is 0 Å². The number of anilines is 1. The summed E-state index contributed by atoms with van der Waals surface area (Å²) in [5.41, 5.74) is 7.48. The topological polar surface area (TPSA) is 54.7 Å². The second-order valence-electron chi connectivity index (χ2n) is 2.73. The van der Waals surface area contributed by atoms with Crippen molar-refractivity contribution >= 4 is 28.7 Å². The summed E-state index contributed by atoms with van der Waals surface area (Å²) in [7, 11) is 0. The summed E-state index contributed by atoms with van der Waals surface area (Å²) < 4.78 is 0. The van der Waals surface area contributed by atoms with Crippen molar-refractivity contribution in [3.63, 3.8) is 0 Å². The first-order valence-corrected chi connectivity index (χ1v) is 5.16. The highest BCUT2D eigenvalue weighted by Crippen LogP contribution is 2.22. The zero-order valence-corrected chi connectivity index (χ0v) is 8.19. The van der Waals surface area contributed by atoms with Crippen LogP contribution in [0.2, 0.25) is 0 Å². The van der Waals surface area contributed by atoms with E-state index in [1.54, 1.807) is 11.8 Å². The Morgan fingerprint density at radius 2 is 2.38 bits per heavy atom. The van der Waals surface area contributed by atoms with Gasteiger partial charge in [0, 0.05) is 4.90 Å². The van der Waals surface area contributed by atoms with E-state index in [2.05, 4.69) is 29.0 Å². The number of aromatic nitrogens is 2. The highest BCUT2D eigenvalue weighted by Gasteiger charge is 2.00. The van der Waals surface area contributed by atoms with Crippen molar-refractivity contribution < 1.29 is 0 Å². The van der Waals surface area contributed by atoms with Crippen LogP contribution >= 0.6 is 11.8 Å². The Balaban J connectivity index is 2.48. The van der Waals surface area contributed by atoms with Gasteiger partial charge in [0.15, 0.2) is 5.95 Å². The van der Waals surface area contributed by atoms with E-state index in [1.165, 1.54) is 4.90 Å². The summed E-state index contributed by atoms with van der Waals surface area (Å²) in [5, 5.41) is 0. The number of nitrogens with one attached hydrogen (secondary N) is 1. The molecule has 0 aliphatic carbocycles. The Morgan fingerprint density at radius 1 is 1.54 bits per heavy atom. The first-order valence-electron chi connectivity index (χ1n) is 4.17. The number of hydrogen-bond donors (Lipinski definition) is 2. The third-order valence-corrected chi connectivity index (χ3v) is 2.66. The zero-order chi connectivity index (χ0) is 9.26. The van der Waals surface area contributed by atoms with Crippen molar-refractivity contribution in [2.45, 2.75) is 11.8 Å². The number of hydrogen-bond acceptors (Lipinski definition) is 3. The third kappa shape index (κ3) is 1.62. The Bertz CT molecular complexity index is 422. The van der Waals surface area contributed by atoms with Crippen LogP contribution < -0.4 is 5.73 Å². The van der Waals surface area contributed by atoms with Gasteiger partial charge in [-0.05, 0) is 24.0 Å². The maximum atomic E-state index is 5.54. The minimum atomic E-state index is 0.480. The Hall–Kier alpha value is -1.16. The molecule has 0 aliphatic rings. The largest absolute Gasteiger partial charge is 0.369 e. The molecular formula is C9H11N3S. The van der Waals surface area contributed by atoms with Gasteiger partial charge in [-0.15, -0.1) is 11.8 Å². The predicted octanol–water partition coefficient (Wildman–Crippen LogP) is 2.26. The highest BCUT2D eigenvalue weighted by molar-refractivity contribution is 7.99. The second kappa shape index (κ2) is 3.30. The molecule has 0 saturated heterocycles. The van der Waals surface area contributed by atoms with Crippen molar-refractivity contribution in [2.75, 3.05) is 11.5 Å². The fourth-order valence-corrected chi connectivity index (χ4v) is 1.95. The van der Waals surface area contributed by atoms with E-state index in [-0.39, 0.29) is 0 Å². The summed E-state index contributed by atoms with van der Waals surface area (Å²) in [6, 6.07) is 6.14. The van der Waals surface area contributed by atoms with Gasteiger partial charge in [0.25, 0.3) is 0 Å². The fraction of sp³-hybridized carbons (Fsp3) is 0.222. The molecule has 0 atom stereocenters. The van der Waals surface area contributed by atoms with Crippen LogP contribution in [0.1, 0.15) is 6.92 Å². The van der Waals surface area contributed by atoms with E-state index in [0.717, 1.165) is 16.8 Å². The van der Waals surface area contributed by atoms with Crippen molar-refractivity contribution in [1.29, 1.82) is 0 Å². The normalized spacial score (nSPS) is 10.8. The Morgan fingerprint density at radius 3 is 3.15 bits per heavy atom. The molecule has 3 N–H and O–H groups in total. The molecule has 1 heterocycles. The van der Waals surface area contributed by atoms with E-state index in [4.69, 9.17) is 5.73 Å². The molecule has 3 nitrogen and oxygen atoms in total. The summed E-state index contributed by atoms with van der Waals surface area (Å²) in [4.78, 5) is 8.39. The molecule has 1 aromatic heterocycles. The number of imidazole rings is 1. The lowest BCUT2D eigenvalue weighted by Gasteiger charge is -1.96. The predicted molar refractivity (Wildman–Crippen MR) is 56.9 cm³/mol. The molecule has 2 aromatic rings. The van der Waals surface area contributed by atoms with E-state index in [1.807, 2.05) is 6.07 Å². The van der Waals surface area contributed by atoms with Crippen LogP contribution in [0.4, 0.5) is 5.95 Å². The molecule has 0 bridgehead atoms. The maximum absolute atomic E-state index is 5.54. The molecule has 0 aliphatic heterocycles. The van der Waals surface area contributed by atoms with Crippen LogP contribution in [-0.4, -0.2) is 15.7 Å². The molecule has 68 valence electrons. The minimum Gasteiger partial charge on any atom is -0.369 e. The first-order chi connectivity index (χ1) is 6.29. The highest BCUT2D eigenvalue weighted by atomic mass is 32.2. The zero-order valence-electron chi connectivity index (χ0n) is 7.37. The minimum absolute atomic E-state index is 0.480. The number of aromatic amines is 1. The third-order valence-electron chi connectivity index (χ3n) is 1.78. The van der Waals surface area contributed by atoms with Crippen LogP contribution in [0, 0.1) is 0 Å². The monoisotopic (exact) mass is 193 g/mol. The van der Waals surface area contributed by atoms with Gasteiger partial charge in [0.2, 0.25) is 0 Å². The molecule has 0 saturated carbocycles. The molecule has 4 heteroatoms. The van der Waals surface area contributed by atoms with E-state index in [0.29, 0.717) is 5.95 Å². The lowest BCUT2D eigenvalue weighted by atomic mass is 10.3. The summed E-state index contributed by atoms with van der Waals surface area (Å²) in [5.74, 6) is 1.56. The lowest BCUT2D eigenvalue weighted by Crippen LogP contribution is -1.84. The number of fused-ring (bicyclic) bond motifs is 1. The van der Waals surface area contributed by atoms with Crippen LogP contribution in [0.25, 0.3) is 11.0 Å². The Kier molecular flexibility index (Phi) is 2.14. The van der Waals surface area contributed by atoms with Gasteiger partial charge in [-0.2, -0.15) is 0 Å². The quantitative estimate of drug-likeness (QED) is 0.719. The molecule has 0 spiro atoms. The number of benzene rings is 1. The number of nitrogen functional groups attached to an aromatic ring is 1. The van der Waals surface area contributed by atoms with Crippen LogP contribution in [0.3, 0.4) is 0 Å². The fourth-order valence-electron chi connectivity index (χ4n) is 1.26. The number of nitrogens with zero attached hydrogens (tertiary/aromatic N) is 1. The van der Waals surface area contributed by atoms with Gasteiger partial charge in [-0.25, -0.2) is 4.98 Å². The smallest absolute Gasteiger partial charge is 0.198 e. The van der Waals surface area contributed by atoms with Gasteiger partial charge >= 0.3 is 0 Å². The van der Waals surface area contributed by atoms with Crippen molar-refractivity contribution in [3.05, 3.63) is 18.2 Å². The summed E-state index contributed by atoms with van der Waals surface area (Å²) in [6.07, 6.45) is 0. The molecule has 1 aromatic carbocycles. The van der Waals surface area contributed by atoms with Crippen molar-refractivity contribution in [1.82, 2.24) is 9.97 Å². The molecule has 0 fully saturated rings. The van der Waals surface area contributed by atoms with Gasteiger partial charge in [-0.3, -0.25) is 0 Å². The van der Waals surface area contributed by atoms with Gasteiger partial charge < -0.3 is 10.7 Å². The average molecular weight is 193 g/mol. The summed E-state index contributed by atoms with van der Waals surface area (Å²) in [6.45, 7) is 2.13. The number of nitrogens with two attached hydrogens (primary N) is 1. The van der Waals surface area contributed by atoms with Crippen molar-refractivity contribution in [3.8, 4) is 0 Å². The molecule has 13 heavy (non-hydrogen) atoms. The van der Waals surface area contributed by atoms with Gasteiger partial charge in [0.1, 0.15) is 0 Å².